The lowest BCUT2D eigenvalue weighted by Crippen LogP contribution is -2.39. The van der Waals surface area contributed by atoms with Crippen molar-refractivity contribution >= 4 is 0 Å². The quantitative estimate of drug-likeness (QED) is 0.405. The van der Waals surface area contributed by atoms with Gasteiger partial charge in [0.15, 0.2) is 5.03 Å². The number of nitrogens with zero attached hydrogens (tertiary/aromatic N) is 2. The number of nitro groups is 1. The van der Waals surface area contributed by atoms with Crippen molar-refractivity contribution in [2.45, 2.75) is 18.9 Å². The van der Waals surface area contributed by atoms with Gasteiger partial charge in [0.1, 0.15) is 0 Å². The third-order valence-corrected chi connectivity index (χ3v) is 1.67. The minimum atomic E-state index is -0.411. The summed E-state index contributed by atoms with van der Waals surface area (Å²) in [6.07, 6.45) is 0.693. The van der Waals surface area contributed by atoms with Crippen molar-refractivity contribution < 1.29 is 10.1 Å². The molecule has 0 saturated carbocycles. The molecular formula is C5H10N2O3. The highest BCUT2D eigenvalue weighted by Crippen LogP contribution is 2.08. The van der Waals surface area contributed by atoms with Crippen molar-refractivity contribution in [2.24, 2.45) is 0 Å². The molecule has 1 saturated heterocycles. The minimum absolute atomic E-state index is 0.337. The van der Waals surface area contributed by atoms with Crippen LogP contribution in [0.4, 0.5) is 0 Å². The standard InChI is InChI=1S/C5H10N2O3/c8-5-1-3-6(4-2-5)7(9)10/h5,8H,1-4H2. The second kappa shape index (κ2) is 2.83. The highest BCUT2D eigenvalue weighted by atomic mass is 16.7. The molecular weight excluding hydrogens is 136 g/mol. The van der Waals surface area contributed by atoms with E-state index < -0.39 is 5.03 Å². The average molecular weight is 146 g/mol. The maximum absolute atomic E-state index is 10.1. The number of hydrogen-bond acceptors (Lipinski definition) is 3. The molecule has 5 nitrogen and oxygen atoms in total. The van der Waals surface area contributed by atoms with Crippen LogP contribution < -0.4 is 0 Å². The van der Waals surface area contributed by atoms with Crippen LogP contribution in [0.25, 0.3) is 0 Å². The van der Waals surface area contributed by atoms with E-state index in [0.717, 1.165) is 5.01 Å². The molecule has 1 rings (SSSR count). The van der Waals surface area contributed by atoms with Crippen LogP contribution in [0.5, 0.6) is 0 Å². The summed E-state index contributed by atoms with van der Waals surface area (Å²) >= 11 is 0. The van der Waals surface area contributed by atoms with E-state index in [1.807, 2.05) is 0 Å². The van der Waals surface area contributed by atoms with Crippen LogP contribution in [0.1, 0.15) is 12.8 Å². The van der Waals surface area contributed by atoms with Gasteiger partial charge >= 0.3 is 0 Å². The fraction of sp³-hybridized carbons (Fsp3) is 1.00. The summed E-state index contributed by atoms with van der Waals surface area (Å²) in [6, 6.07) is 0. The molecule has 1 aliphatic heterocycles. The lowest BCUT2D eigenvalue weighted by molar-refractivity contribution is -0.658. The summed E-state index contributed by atoms with van der Waals surface area (Å²) in [4.78, 5) is 10.1. The minimum Gasteiger partial charge on any atom is -0.393 e. The van der Waals surface area contributed by atoms with Crippen molar-refractivity contribution in [1.82, 2.24) is 5.01 Å². The van der Waals surface area contributed by atoms with Gasteiger partial charge in [0, 0.05) is 0 Å². The molecule has 0 amide bonds. The summed E-state index contributed by atoms with van der Waals surface area (Å²) in [5, 5.41) is 19.8. The number of hydrogen-bond donors (Lipinski definition) is 1. The van der Waals surface area contributed by atoms with Gasteiger partial charge in [-0.05, 0) is 12.8 Å². The fourth-order valence-electron chi connectivity index (χ4n) is 1.02. The SMILES string of the molecule is O=[N+]([O-])N1CCC(O)CC1. The first kappa shape index (κ1) is 7.27. The topological polar surface area (TPSA) is 66.6 Å². The Kier molecular flexibility index (Phi) is 2.06. The highest BCUT2D eigenvalue weighted by molar-refractivity contribution is 4.64. The maximum Gasteiger partial charge on any atom is 0.160 e. The molecule has 0 radical (unpaired) electrons. The van der Waals surface area contributed by atoms with Crippen molar-refractivity contribution in [3.63, 3.8) is 0 Å². The van der Waals surface area contributed by atoms with Gasteiger partial charge in [-0.1, -0.05) is 0 Å². The van der Waals surface area contributed by atoms with E-state index in [2.05, 4.69) is 0 Å². The largest absolute Gasteiger partial charge is 0.393 e. The van der Waals surface area contributed by atoms with Crippen molar-refractivity contribution in [3.05, 3.63) is 10.1 Å². The van der Waals surface area contributed by atoms with E-state index in [0.29, 0.717) is 25.9 Å². The second-order valence-electron chi connectivity index (χ2n) is 2.42. The highest BCUT2D eigenvalue weighted by Gasteiger charge is 2.22. The Labute approximate surface area is 58.4 Å². The Morgan fingerprint density at radius 1 is 1.50 bits per heavy atom. The van der Waals surface area contributed by atoms with E-state index in [1.165, 1.54) is 0 Å². The number of hydrazine groups is 1. The fourth-order valence-corrected chi connectivity index (χ4v) is 1.02. The molecule has 0 unspecified atom stereocenters. The summed E-state index contributed by atoms with van der Waals surface area (Å²) in [6.45, 7) is 0.738. The van der Waals surface area contributed by atoms with Crippen LogP contribution in [0, 0.1) is 10.1 Å². The molecule has 0 bridgehead atoms. The first-order valence-electron chi connectivity index (χ1n) is 3.27. The molecule has 1 heterocycles. The molecule has 10 heavy (non-hydrogen) atoms. The lowest BCUT2D eigenvalue weighted by atomic mass is 10.1. The molecule has 0 aromatic heterocycles. The first-order valence-corrected chi connectivity index (χ1v) is 3.27. The molecule has 5 heteroatoms. The van der Waals surface area contributed by atoms with Gasteiger partial charge in [0.25, 0.3) is 0 Å². The van der Waals surface area contributed by atoms with Gasteiger partial charge in [-0.25, -0.2) is 10.1 Å². The summed E-state index contributed by atoms with van der Waals surface area (Å²) in [5.74, 6) is 0. The maximum atomic E-state index is 10.1. The van der Waals surface area contributed by atoms with Crippen LogP contribution in [-0.4, -0.2) is 34.3 Å². The zero-order valence-electron chi connectivity index (χ0n) is 5.56. The van der Waals surface area contributed by atoms with Gasteiger partial charge in [-0.2, -0.15) is 0 Å². The molecule has 1 N–H and O–H groups in total. The number of piperidine rings is 1. The molecule has 0 aromatic carbocycles. The molecule has 58 valence electrons. The van der Waals surface area contributed by atoms with Crippen LogP contribution >= 0.6 is 0 Å². The third-order valence-electron chi connectivity index (χ3n) is 1.67. The van der Waals surface area contributed by atoms with Gasteiger partial charge in [0.2, 0.25) is 0 Å². The third kappa shape index (κ3) is 1.57. The van der Waals surface area contributed by atoms with E-state index in [1.54, 1.807) is 0 Å². The van der Waals surface area contributed by atoms with Crippen molar-refractivity contribution in [3.8, 4) is 0 Å². The normalized spacial score (nSPS) is 21.1. The number of rotatable bonds is 1. The Balaban J connectivity index is 2.33. The Bertz CT molecular complexity index is 131. The van der Waals surface area contributed by atoms with Gasteiger partial charge in [-0.15, -0.1) is 5.01 Å². The van der Waals surface area contributed by atoms with Crippen LogP contribution in [0.2, 0.25) is 0 Å². The van der Waals surface area contributed by atoms with E-state index >= 15 is 0 Å². The number of aliphatic hydroxyl groups excluding tert-OH is 1. The molecule has 0 aliphatic carbocycles. The van der Waals surface area contributed by atoms with Crippen LogP contribution in [-0.2, 0) is 0 Å². The Hall–Kier alpha value is -0.840. The van der Waals surface area contributed by atoms with Crippen molar-refractivity contribution in [1.29, 1.82) is 0 Å². The smallest absolute Gasteiger partial charge is 0.160 e. The monoisotopic (exact) mass is 146 g/mol. The van der Waals surface area contributed by atoms with Gasteiger partial charge in [-0.3, -0.25) is 0 Å². The molecule has 0 spiro atoms. The Morgan fingerprint density at radius 3 is 2.40 bits per heavy atom. The molecule has 0 aromatic rings. The molecule has 1 aliphatic rings. The number of aliphatic hydroxyl groups is 1. The average Bonchev–Trinajstić information content (AvgIpc) is 1.88. The predicted molar refractivity (Wildman–Crippen MR) is 33.8 cm³/mol. The second-order valence-corrected chi connectivity index (χ2v) is 2.42. The van der Waals surface area contributed by atoms with Crippen molar-refractivity contribution in [2.75, 3.05) is 13.1 Å². The predicted octanol–water partition coefficient (Wildman–Crippen LogP) is -0.365. The zero-order chi connectivity index (χ0) is 7.56. The van der Waals surface area contributed by atoms with Crippen LogP contribution in [0.15, 0.2) is 0 Å². The molecule has 0 atom stereocenters. The first-order chi connectivity index (χ1) is 4.70. The molecule has 1 fully saturated rings. The summed E-state index contributed by atoms with van der Waals surface area (Å²) in [5.41, 5.74) is 0. The van der Waals surface area contributed by atoms with Gasteiger partial charge in [0.05, 0.1) is 19.2 Å². The summed E-state index contributed by atoms with van der Waals surface area (Å²) in [7, 11) is 0. The lowest BCUT2D eigenvalue weighted by Gasteiger charge is -2.22. The van der Waals surface area contributed by atoms with Crippen LogP contribution in [0.3, 0.4) is 0 Å². The van der Waals surface area contributed by atoms with E-state index in [-0.39, 0.29) is 6.10 Å². The van der Waals surface area contributed by atoms with E-state index in [4.69, 9.17) is 5.11 Å². The van der Waals surface area contributed by atoms with Gasteiger partial charge < -0.3 is 5.11 Å². The summed E-state index contributed by atoms with van der Waals surface area (Å²) < 4.78 is 0. The Morgan fingerprint density at radius 2 is 2.00 bits per heavy atom. The zero-order valence-corrected chi connectivity index (χ0v) is 5.56. The van der Waals surface area contributed by atoms with E-state index in [9.17, 15) is 10.1 Å².